The molecule has 1 aromatic heterocycles. The summed E-state index contributed by atoms with van der Waals surface area (Å²) in [5.41, 5.74) is 5.71. The van der Waals surface area contributed by atoms with Crippen LogP contribution in [0.1, 0.15) is 56.6 Å². The Bertz CT molecular complexity index is 299. The molecular weight excluding hydrogens is 188 g/mol. The lowest BCUT2D eigenvalue weighted by atomic mass is 10.1. The molecule has 2 rings (SSSR count). The molecule has 1 atom stereocenters. The van der Waals surface area contributed by atoms with E-state index in [1.807, 2.05) is 6.92 Å². The van der Waals surface area contributed by atoms with Crippen molar-refractivity contribution in [1.82, 2.24) is 15.2 Å². The van der Waals surface area contributed by atoms with Crippen molar-refractivity contribution in [3.05, 3.63) is 11.6 Å². The normalized spacial score (nSPS) is 19.6. The zero-order valence-electron chi connectivity index (χ0n) is 9.37. The summed E-state index contributed by atoms with van der Waals surface area (Å²) >= 11 is 0. The minimum absolute atomic E-state index is 0.241. The maximum Gasteiger partial charge on any atom is 0.153 e. The summed E-state index contributed by atoms with van der Waals surface area (Å²) in [6, 6.07) is 0.241. The first kappa shape index (κ1) is 10.6. The van der Waals surface area contributed by atoms with E-state index in [2.05, 4.69) is 15.2 Å². The molecule has 1 saturated carbocycles. The highest BCUT2D eigenvalue weighted by atomic mass is 15.2. The van der Waals surface area contributed by atoms with Crippen LogP contribution in [0, 0.1) is 0 Å². The van der Waals surface area contributed by atoms with E-state index in [4.69, 9.17) is 5.73 Å². The molecule has 0 aromatic carbocycles. The summed E-state index contributed by atoms with van der Waals surface area (Å²) in [6.07, 6.45) is 7.05. The van der Waals surface area contributed by atoms with E-state index in [0.717, 1.165) is 24.5 Å². The predicted octanol–water partition coefficient (Wildman–Crippen LogP) is 1.74. The van der Waals surface area contributed by atoms with E-state index in [1.54, 1.807) is 0 Å². The maximum atomic E-state index is 5.71. The van der Waals surface area contributed by atoms with Crippen LogP contribution in [-0.4, -0.2) is 21.2 Å². The van der Waals surface area contributed by atoms with Gasteiger partial charge in [-0.25, -0.2) is 4.98 Å². The van der Waals surface area contributed by atoms with Crippen molar-refractivity contribution in [3.8, 4) is 0 Å². The van der Waals surface area contributed by atoms with Gasteiger partial charge in [-0.15, -0.1) is 0 Å². The van der Waals surface area contributed by atoms with E-state index >= 15 is 0 Å². The molecule has 0 spiro atoms. The third-order valence-electron chi connectivity index (χ3n) is 3.11. The first-order valence-electron chi connectivity index (χ1n) is 5.92. The average Bonchev–Trinajstić information content (AvgIpc) is 2.85. The molecule has 1 aromatic rings. The maximum absolute atomic E-state index is 5.71. The number of nitrogens with one attached hydrogen (secondary N) is 1. The Morgan fingerprint density at radius 1 is 1.47 bits per heavy atom. The molecular formula is C11H20N4. The van der Waals surface area contributed by atoms with Crippen molar-refractivity contribution < 1.29 is 0 Å². The number of aromatic amines is 1. The fraction of sp³-hybridized carbons (Fsp3) is 0.818. The van der Waals surface area contributed by atoms with Crippen molar-refractivity contribution in [1.29, 1.82) is 0 Å². The number of hydrogen-bond donors (Lipinski definition) is 2. The van der Waals surface area contributed by atoms with Gasteiger partial charge in [-0.1, -0.05) is 12.8 Å². The topological polar surface area (TPSA) is 67.6 Å². The molecule has 3 N–H and O–H groups in total. The van der Waals surface area contributed by atoms with Gasteiger partial charge in [0.25, 0.3) is 0 Å². The SMILES string of the molecule is CC(N)CCc1nc(C2CCCC2)n[nH]1. The van der Waals surface area contributed by atoms with Crippen molar-refractivity contribution >= 4 is 0 Å². The molecule has 4 nitrogen and oxygen atoms in total. The van der Waals surface area contributed by atoms with Crippen LogP contribution < -0.4 is 5.73 Å². The third-order valence-corrected chi connectivity index (χ3v) is 3.11. The molecule has 0 aliphatic heterocycles. The Balaban J connectivity index is 1.91. The minimum atomic E-state index is 0.241. The number of rotatable bonds is 4. The molecule has 0 saturated heterocycles. The molecule has 1 aliphatic rings. The second kappa shape index (κ2) is 4.75. The first-order chi connectivity index (χ1) is 7.25. The van der Waals surface area contributed by atoms with Crippen molar-refractivity contribution in [2.24, 2.45) is 5.73 Å². The van der Waals surface area contributed by atoms with E-state index in [1.165, 1.54) is 25.7 Å². The minimum Gasteiger partial charge on any atom is -0.328 e. The van der Waals surface area contributed by atoms with Gasteiger partial charge in [0.15, 0.2) is 5.82 Å². The summed E-state index contributed by atoms with van der Waals surface area (Å²) in [4.78, 5) is 4.54. The first-order valence-corrected chi connectivity index (χ1v) is 5.92. The van der Waals surface area contributed by atoms with Crippen LogP contribution >= 0.6 is 0 Å². The molecule has 84 valence electrons. The number of H-pyrrole nitrogens is 1. The number of hydrogen-bond acceptors (Lipinski definition) is 3. The largest absolute Gasteiger partial charge is 0.328 e. The Hall–Kier alpha value is -0.900. The van der Waals surface area contributed by atoms with Gasteiger partial charge >= 0.3 is 0 Å². The van der Waals surface area contributed by atoms with Crippen molar-refractivity contribution in [2.75, 3.05) is 0 Å². The second-order valence-electron chi connectivity index (χ2n) is 4.64. The highest BCUT2D eigenvalue weighted by molar-refractivity contribution is 5.00. The zero-order valence-corrected chi connectivity index (χ0v) is 9.37. The van der Waals surface area contributed by atoms with Gasteiger partial charge in [0.05, 0.1) is 0 Å². The Labute approximate surface area is 90.7 Å². The molecule has 0 bridgehead atoms. The number of aromatic nitrogens is 3. The summed E-state index contributed by atoms with van der Waals surface area (Å²) in [5, 5.41) is 7.32. The highest BCUT2D eigenvalue weighted by Crippen LogP contribution is 2.31. The molecule has 4 heteroatoms. The average molecular weight is 208 g/mol. The fourth-order valence-corrected chi connectivity index (χ4v) is 2.15. The highest BCUT2D eigenvalue weighted by Gasteiger charge is 2.20. The molecule has 0 radical (unpaired) electrons. The van der Waals surface area contributed by atoms with Gasteiger partial charge in [-0.2, -0.15) is 5.10 Å². The zero-order chi connectivity index (χ0) is 10.7. The number of nitrogens with zero attached hydrogens (tertiary/aromatic N) is 2. The lowest BCUT2D eigenvalue weighted by Crippen LogP contribution is -2.15. The molecule has 1 unspecified atom stereocenters. The van der Waals surface area contributed by atoms with Crippen LogP contribution in [-0.2, 0) is 6.42 Å². The lowest BCUT2D eigenvalue weighted by Gasteiger charge is -2.02. The van der Waals surface area contributed by atoms with Gasteiger partial charge in [-0.3, -0.25) is 5.10 Å². The van der Waals surface area contributed by atoms with E-state index in [9.17, 15) is 0 Å². The summed E-state index contributed by atoms with van der Waals surface area (Å²) in [7, 11) is 0. The van der Waals surface area contributed by atoms with Crippen molar-refractivity contribution in [2.45, 2.75) is 57.4 Å². The van der Waals surface area contributed by atoms with Gasteiger partial charge < -0.3 is 5.73 Å². The van der Waals surface area contributed by atoms with E-state index < -0.39 is 0 Å². The van der Waals surface area contributed by atoms with E-state index in [0.29, 0.717) is 5.92 Å². The Morgan fingerprint density at radius 2 is 2.20 bits per heavy atom. The standard InChI is InChI=1S/C11H20N4/c1-8(12)6-7-10-13-11(15-14-10)9-4-2-3-5-9/h8-9H,2-7,12H2,1H3,(H,13,14,15). The summed E-state index contributed by atoms with van der Waals surface area (Å²) < 4.78 is 0. The molecule has 15 heavy (non-hydrogen) atoms. The van der Waals surface area contributed by atoms with Crippen LogP contribution in [0.2, 0.25) is 0 Å². The van der Waals surface area contributed by atoms with Crippen LogP contribution in [0.4, 0.5) is 0 Å². The lowest BCUT2D eigenvalue weighted by molar-refractivity contribution is 0.646. The van der Waals surface area contributed by atoms with Gasteiger partial charge in [-0.05, 0) is 26.2 Å². The Morgan fingerprint density at radius 3 is 2.87 bits per heavy atom. The summed E-state index contributed by atoms with van der Waals surface area (Å²) in [6.45, 7) is 2.02. The monoisotopic (exact) mass is 208 g/mol. The van der Waals surface area contributed by atoms with E-state index in [-0.39, 0.29) is 6.04 Å². The van der Waals surface area contributed by atoms with Gasteiger partial charge in [0.2, 0.25) is 0 Å². The predicted molar refractivity (Wildman–Crippen MR) is 59.6 cm³/mol. The number of aryl methyl sites for hydroxylation is 1. The summed E-state index contributed by atoms with van der Waals surface area (Å²) in [5.74, 6) is 2.62. The van der Waals surface area contributed by atoms with Crippen LogP contribution in [0.15, 0.2) is 0 Å². The number of nitrogens with two attached hydrogens (primary N) is 1. The quantitative estimate of drug-likeness (QED) is 0.792. The van der Waals surface area contributed by atoms with Crippen molar-refractivity contribution in [3.63, 3.8) is 0 Å². The molecule has 1 heterocycles. The second-order valence-corrected chi connectivity index (χ2v) is 4.64. The molecule has 0 amide bonds. The van der Waals surface area contributed by atoms with Gasteiger partial charge in [0, 0.05) is 18.4 Å². The third kappa shape index (κ3) is 2.78. The molecule has 1 aliphatic carbocycles. The van der Waals surface area contributed by atoms with Crippen LogP contribution in [0.5, 0.6) is 0 Å². The molecule has 1 fully saturated rings. The van der Waals surface area contributed by atoms with Gasteiger partial charge in [0.1, 0.15) is 5.82 Å². The smallest absolute Gasteiger partial charge is 0.153 e. The Kier molecular flexibility index (Phi) is 3.36. The van der Waals surface area contributed by atoms with Crippen LogP contribution in [0.25, 0.3) is 0 Å². The fourth-order valence-electron chi connectivity index (χ4n) is 2.15. The van der Waals surface area contributed by atoms with Crippen LogP contribution in [0.3, 0.4) is 0 Å².